The largest absolute Gasteiger partial charge is 0.349 e. The highest BCUT2D eigenvalue weighted by atomic mass is 79.9. The Hall–Kier alpha value is -0.480. The maximum absolute atomic E-state index is 11.9. The van der Waals surface area contributed by atoms with Gasteiger partial charge in [-0.25, -0.2) is 0 Å². The van der Waals surface area contributed by atoms with Gasteiger partial charge in [0.2, 0.25) is 5.91 Å². The van der Waals surface area contributed by atoms with Gasteiger partial charge in [-0.1, -0.05) is 47.0 Å². The van der Waals surface area contributed by atoms with Crippen LogP contribution in [0, 0.1) is 0 Å². The smallest absolute Gasteiger partial charge is 0.230 e. The van der Waals surface area contributed by atoms with Crippen LogP contribution in [0.3, 0.4) is 0 Å². The number of thioether (sulfide) groups is 1. The molecule has 104 valence electrons. The number of benzene rings is 1. The van der Waals surface area contributed by atoms with Crippen molar-refractivity contribution in [2.24, 2.45) is 0 Å². The third-order valence-corrected chi connectivity index (χ3v) is 5.60. The van der Waals surface area contributed by atoms with Crippen LogP contribution in [0.2, 0.25) is 0 Å². The molecule has 2 nitrogen and oxygen atoms in total. The van der Waals surface area contributed by atoms with Crippen molar-refractivity contribution in [1.82, 2.24) is 5.32 Å². The van der Waals surface area contributed by atoms with Gasteiger partial charge in [-0.05, 0) is 31.4 Å². The molecule has 0 radical (unpaired) electrons. The van der Waals surface area contributed by atoms with Crippen molar-refractivity contribution in [3.63, 3.8) is 0 Å². The van der Waals surface area contributed by atoms with E-state index in [1.165, 1.54) is 25.7 Å². The molecule has 0 aliphatic heterocycles. The summed E-state index contributed by atoms with van der Waals surface area (Å²) in [6, 6.07) is 8.07. The Morgan fingerprint density at radius 1 is 1.42 bits per heavy atom. The van der Waals surface area contributed by atoms with Gasteiger partial charge in [-0.3, -0.25) is 4.79 Å². The fourth-order valence-electron chi connectivity index (χ4n) is 2.44. The summed E-state index contributed by atoms with van der Waals surface area (Å²) in [7, 11) is 0. The van der Waals surface area contributed by atoms with Crippen LogP contribution < -0.4 is 5.32 Å². The van der Waals surface area contributed by atoms with Crippen molar-refractivity contribution >= 4 is 33.6 Å². The zero-order chi connectivity index (χ0) is 13.7. The van der Waals surface area contributed by atoms with E-state index in [2.05, 4.69) is 21.2 Å². The molecule has 1 amide bonds. The first kappa shape index (κ1) is 14.9. The van der Waals surface area contributed by atoms with Gasteiger partial charge in [0.05, 0.1) is 11.8 Å². The van der Waals surface area contributed by atoms with Crippen molar-refractivity contribution in [2.45, 2.75) is 43.9 Å². The molecular formula is C15H20BrNOS. The van der Waals surface area contributed by atoms with Gasteiger partial charge in [-0.15, -0.1) is 11.8 Å². The maximum atomic E-state index is 11.9. The molecule has 0 aromatic heterocycles. The molecule has 0 heterocycles. The van der Waals surface area contributed by atoms with Crippen LogP contribution in [0.4, 0.5) is 0 Å². The summed E-state index contributed by atoms with van der Waals surface area (Å²) in [5, 5.41) is 3.77. The molecule has 0 saturated heterocycles. The fraction of sp³-hybridized carbons (Fsp3) is 0.533. The number of amides is 1. The first-order chi connectivity index (χ1) is 9.16. The molecule has 0 bridgehead atoms. The molecule has 1 aromatic rings. The summed E-state index contributed by atoms with van der Waals surface area (Å²) < 4.78 is 1.05. The number of hydrogen-bond donors (Lipinski definition) is 1. The van der Waals surface area contributed by atoms with Crippen molar-refractivity contribution in [1.29, 1.82) is 0 Å². The number of halogens is 1. The van der Waals surface area contributed by atoms with Crippen molar-refractivity contribution in [3.8, 4) is 0 Å². The van der Waals surface area contributed by atoms with Gasteiger partial charge in [0.1, 0.15) is 0 Å². The highest BCUT2D eigenvalue weighted by molar-refractivity contribution is 9.10. The Morgan fingerprint density at radius 2 is 2.11 bits per heavy atom. The highest BCUT2D eigenvalue weighted by Gasteiger charge is 2.18. The second-order valence-corrected chi connectivity index (χ2v) is 7.17. The summed E-state index contributed by atoms with van der Waals surface area (Å²) in [6.07, 6.45) is 5.20. The molecule has 4 heteroatoms. The normalized spacial score (nSPS) is 17.4. The van der Waals surface area contributed by atoms with Crippen molar-refractivity contribution < 1.29 is 4.79 Å². The number of carbonyl (C=O) groups is 1. The molecule has 0 spiro atoms. The van der Waals surface area contributed by atoms with E-state index in [1.807, 2.05) is 43.0 Å². The van der Waals surface area contributed by atoms with E-state index in [4.69, 9.17) is 0 Å². The summed E-state index contributed by atoms with van der Waals surface area (Å²) in [5.74, 6) is 0.722. The SMILES string of the molecule is C[C@@H](NC(=O)CSC1CCCC1)c1ccccc1Br. The minimum absolute atomic E-state index is 0.0484. The fourth-order valence-corrected chi connectivity index (χ4v) is 4.20. The lowest BCUT2D eigenvalue weighted by molar-refractivity contribution is -0.119. The second kappa shape index (κ2) is 7.34. The van der Waals surface area contributed by atoms with Gasteiger partial charge in [0.25, 0.3) is 0 Å². The molecule has 1 aromatic carbocycles. The topological polar surface area (TPSA) is 29.1 Å². The van der Waals surface area contributed by atoms with E-state index in [0.717, 1.165) is 10.0 Å². The van der Waals surface area contributed by atoms with Crippen LogP contribution in [0.5, 0.6) is 0 Å². The summed E-state index contributed by atoms with van der Waals surface area (Å²) in [6.45, 7) is 2.03. The van der Waals surface area contributed by atoms with Gasteiger partial charge >= 0.3 is 0 Å². The molecule has 0 unspecified atom stereocenters. The molecule has 1 aliphatic carbocycles. The lowest BCUT2D eigenvalue weighted by atomic mass is 10.1. The van der Waals surface area contributed by atoms with Gasteiger partial charge in [-0.2, -0.15) is 0 Å². The quantitative estimate of drug-likeness (QED) is 0.864. The van der Waals surface area contributed by atoms with E-state index in [1.54, 1.807) is 0 Å². The molecule has 1 N–H and O–H groups in total. The minimum Gasteiger partial charge on any atom is -0.349 e. The second-order valence-electron chi connectivity index (χ2n) is 5.03. The standard InChI is InChI=1S/C15H20BrNOS/c1-11(13-8-4-5-9-14(13)16)17-15(18)10-19-12-6-2-3-7-12/h4-5,8-9,11-12H,2-3,6-7,10H2,1H3,(H,17,18)/t11-/m1/s1. The number of carbonyl (C=O) groups excluding carboxylic acids is 1. The molecule has 1 fully saturated rings. The zero-order valence-electron chi connectivity index (χ0n) is 11.2. The number of rotatable bonds is 5. The third-order valence-electron chi connectivity index (χ3n) is 3.50. The summed E-state index contributed by atoms with van der Waals surface area (Å²) >= 11 is 5.33. The van der Waals surface area contributed by atoms with E-state index in [-0.39, 0.29) is 11.9 Å². The Kier molecular flexibility index (Phi) is 5.76. The Labute approximate surface area is 127 Å². The first-order valence-electron chi connectivity index (χ1n) is 6.82. The lowest BCUT2D eigenvalue weighted by Gasteiger charge is -2.16. The van der Waals surface area contributed by atoms with Crippen molar-refractivity contribution in [2.75, 3.05) is 5.75 Å². The third kappa shape index (κ3) is 4.53. The Balaban J connectivity index is 1.79. The van der Waals surface area contributed by atoms with E-state index in [9.17, 15) is 4.79 Å². The number of nitrogens with one attached hydrogen (secondary N) is 1. The molecule has 1 saturated carbocycles. The molecule has 2 rings (SSSR count). The van der Waals surface area contributed by atoms with E-state index < -0.39 is 0 Å². The predicted octanol–water partition coefficient (Wildman–Crippen LogP) is 4.30. The van der Waals surface area contributed by atoms with Crippen LogP contribution >= 0.6 is 27.7 Å². The van der Waals surface area contributed by atoms with Crippen LogP contribution in [-0.4, -0.2) is 16.9 Å². The predicted molar refractivity (Wildman–Crippen MR) is 85.4 cm³/mol. The van der Waals surface area contributed by atoms with Gasteiger partial charge < -0.3 is 5.32 Å². The van der Waals surface area contributed by atoms with E-state index >= 15 is 0 Å². The van der Waals surface area contributed by atoms with Crippen LogP contribution in [-0.2, 0) is 4.79 Å². The highest BCUT2D eigenvalue weighted by Crippen LogP contribution is 2.29. The first-order valence-corrected chi connectivity index (χ1v) is 8.66. The average molecular weight is 342 g/mol. The molecular weight excluding hydrogens is 322 g/mol. The van der Waals surface area contributed by atoms with Crippen LogP contribution in [0.1, 0.15) is 44.2 Å². The minimum atomic E-state index is 0.0484. The molecule has 1 atom stereocenters. The average Bonchev–Trinajstić information content (AvgIpc) is 2.90. The van der Waals surface area contributed by atoms with E-state index in [0.29, 0.717) is 11.0 Å². The van der Waals surface area contributed by atoms with Gasteiger partial charge in [0, 0.05) is 9.72 Å². The zero-order valence-corrected chi connectivity index (χ0v) is 13.6. The Bertz CT molecular complexity index is 432. The monoisotopic (exact) mass is 341 g/mol. The molecule has 19 heavy (non-hydrogen) atoms. The maximum Gasteiger partial charge on any atom is 0.230 e. The summed E-state index contributed by atoms with van der Waals surface area (Å²) in [4.78, 5) is 11.9. The molecule has 1 aliphatic rings. The lowest BCUT2D eigenvalue weighted by Crippen LogP contribution is -2.28. The number of hydrogen-bond acceptors (Lipinski definition) is 2. The van der Waals surface area contributed by atoms with Crippen LogP contribution in [0.25, 0.3) is 0 Å². The van der Waals surface area contributed by atoms with Crippen molar-refractivity contribution in [3.05, 3.63) is 34.3 Å². The van der Waals surface area contributed by atoms with Gasteiger partial charge in [0.15, 0.2) is 0 Å². The van der Waals surface area contributed by atoms with Crippen LogP contribution in [0.15, 0.2) is 28.7 Å². The summed E-state index contributed by atoms with van der Waals surface area (Å²) in [5.41, 5.74) is 1.13. The Morgan fingerprint density at radius 3 is 2.79 bits per heavy atom.